The number of amides is 1. The quantitative estimate of drug-likeness (QED) is 0.809. The van der Waals surface area contributed by atoms with Crippen molar-refractivity contribution in [2.75, 3.05) is 0 Å². The van der Waals surface area contributed by atoms with Gasteiger partial charge in [0.25, 0.3) is 5.91 Å². The number of hydrogen-bond acceptors (Lipinski definition) is 3. The predicted molar refractivity (Wildman–Crippen MR) is 83.6 cm³/mol. The van der Waals surface area contributed by atoms with Gasteiger partial charge in [-0.1, -0.05) is 32.8 Å². The number of unbranched alkanes of at least 4 members (excludes halogenated alkanes) is 1. The third-order valence-corrected chi connectivity index (χ3v) is 4.31. The minimum atomic E-state index is -3.81. The molecule has 0 aromatic heterocycles. The fraction of sp³-hybridized carbons (Fsp3) is 0.533. The number of nitrogens with two attached hydrogens (primary N) is 1. The molecule has 118 valence electrons. The summed E-state index contributed by atoms with van der Waals surface area (Å²) in [5, 5.41) is 8.03. The van der Waals surface area contributed by atoms with E-state index in [1.807, 2.05) is 13.8 Å². The van der Waals surface area contributed by atoms with Crippen LogP contribution >= 0.6 is 0 Å². The first-order valence-electron chi connectivity index (χ1n) is 7.26. The molecule has 21 heavy (non-hydrogen) atoms. The Hall–Kier alpha value is -1.40. The number of nitrogens with one attached hydrogen (secondary N) is 1. The van der Waals surface area contributed by atoms with Gasteiger partial charge in [-0.3, -0.25) is 4.79 Å². The van der Waals surface area contributed by atoms with Crippen LogP contribution < -0.4 is 10.5 Å². The van der Waals surface area contributed by atoms with Gasteiger partial charge in [-0.15, -0.1) is 0 Å². The Morgan fingerprint density at radius 3 is 2.52 bits per heavy atom. The zero-order valence-electron chi connectivity index (χ0n) is 12.8. The Balaban J connectivity index is 3.01. The lowest BCUT2D eigenvalue weighted by molar-refractivity contribution is 0.0937. The molecule has 0 spiro atoms. The molecular formula is C15H24N2O3S. The van der Waals surface area contributed by atoms with E-state index >= 15 is 0 Å². The Morgan fingerprint density at radius 2 is 2.00 bits per heavy atom. The summed E-state index contributed by atoms with van der Waals surface area (Å²) in [6.07, 6.45) is 3.66. The number of carbonyl (C=O) groups excluding carboxylic acids is 1. The number of benzene rings is 1. The average Bonchev–Trinajstić information content (AvgIpc) is 2.43. The molecule has 0 saturated carbocycles. The number of hydrogen-bond donors (Lipinski definition) is 2. The molecule has 1 atom stereocenters. The first-order valence-corrected chi connectivity index (χ1v) is 8.80. The van der Waals surface area contributed by atoms with Crippen molar-refractivity contribution in [2.45, 2.75) is 57.4 Å². The van der Waals surface area contributed by atoms with Gasteiger partial charge in [0, 0.05) is 11.6 Å². The molecule has 1 amide bonds. The van der Waals surface area contributed by atoms with Crippen molar-refractivity contribution in [2.24, 2.45) is 5.14 Å². The van der Waals surface area contributed by atoms with Gasteiger partial charge in [-0.2, -0.15) is 0 Å². The van der Waals surface area contributed by atoms with Crippen molar-refractivity contribution in [3.8, 4) is 0 Å². The molecule has 0 aliphatic rings. The van der Waals surface area contributed by atoms with Crippen molar-refractivity contribution in [1.29, 1.82) is 0 Å². The van der Waals surface area contributed by atoms with Crippen LogP contribution in [0.5, 0.6) is 0 Å². The molecule has 1 unspecified atom stereocenters. The molecule has 1 aromatic rings. The normalized spacial score (nSPS) is 13.0. The zero-order chi connectivity index (χ0) is 16.0. The van der Waals surface area contributed by atoms with E-state index in [4.69, 9.17) is 5.14 Å². The van der Waals surface area contributed by atoms with Gasteiger partial charge in [0.15, 0.2) is 0 Å². The van der Waals surface area contributed by atoms with E-state index in [9.17, 15) is 13.2 Å². The van der Waals surface area contributed by atoms with Crippen molar-refractivity contribution < 1.29 is 13.2 Å². The second-order valence-electron chi connectivity index (χ2n) is 5.23. The van der Waals surface area contributed by atoms with Gasteiger partial charge in [-0.05, 0) is 37.5 Å². The number of rotatable bonds is 7. The van der Waals surface area contributed by atoms with Crippen LogP contribution in [0.1, 0.15) is 56.0 Å². The highest BCUT2D eigenvalue weighted by Gasteiger charge is 2.17. The van der Waals surface area contributed by atoms with E-state index in [1.54, 1.807) is 6.07 Å². The molecule has 0 aliphatic heterocycles. The molecule has 1 rings (SSSR count). The highest BCUT2D eigenvalue weighted by atomic mass is 32.2. The predicted octanol–water partition coefficient (Wildman–Crippen LogP) is 2.20. The van der Waals surface area contributed by atoms with Crippen LogP contribution in [0.25, 0.3) is 0 Å². The number of carbonyl (C=O) groups is 1. The molecule has 3 N–H and O–H groups in total. The van der Waals surface area contributed by atoms with Crippen LogP contribution in [0, 0.1) is 0 Å². The van der Waals surface area contributed by atoms with Crippen LogP contribution in [-0.4, -0.2) is 20.4 Å². The lowest BCUT2D eigenvalue weighted by atomic mass is 10.0. The maximum absolute atomic E-state index is 12.3. The third-order valence-electron chi connectivity index (χ3n) is 3.40. The van der Waals surface area contributed by atoms with E-state index in [-0.39, 0.29) is 16.8 Å². The van der Waals surface area contributed by atoms with Gasteiger partial charge < -0.3 is 5.32 Å². The molecule has 1 aromatic carbocycles. The molecule has 0 radical (unpaired) electrons. The molecule has 0 aliphatic carbocycles. The fourth-order valence-corrected chi connectivity index (χ4v) is 2.68. The minimum absolute atomic E-state index is 0.0361. The summed E-state index contributed by atoms with van der Waals surface area (Å²) < 4.78 is 22.8. The summed E-state index contributed by atoms with van der Waals surface area (Å²) in [7, 11) is -3.81. The molecule has 0 fully saturated rings. The van der Waals surface area contributed by atoms with Crippen LogP contribution in [0.3, 0.4) is 0 Å². The SMILES string of the molecule is CCCCC(C)NC(=O)c1cc(S(N)(=O)=O)ccc1CC. The molecule has 6 heteroatoms. The van der Waals surface area contributed by atoms with Gasteiger partial charge in [-0.25, -0.2) is 13.6 Å². The maximum atomic E-state index is 12.3. The van der Waals surface area contributed by atoms with E-state index in [0.29, 0.717) is 12.0 Å². The van der Waals surface area contributed by atoms with E-state index < -0.39 is 10.0 Å². The standard InChI is InChI=1S/C15H24N2O3S/c1-4-6-7-11(3)17-15(18)14-10-13(21(16,19)20)9-8-12(14)5-2/h8-11H,4-7H2,1-3H3,(H,17,18)(H2,16,19,20). The maximum Gasteiger partial charge on any atom is 0.251 e. The van der Waals surface area contributed by atoms with Crippen LogP contribution in [0.15, 0.2) is 23.1 Å². The first-order chi connectivity index (χ1) is 9.79. The van der Waals surface area contributed by atoms with Crippen molar-refractivity contribution in [3.05, 3.63) is 29.3 Å². The lowest BCUT2D eigenvalue weighted by Gasteiger charge is -2.15. The summed E-state index contributed by atoms with van der Waals surface area (Å²) in [5.41, 5.74) is 1.19. The van der Waals surface area contributed by atoms with E-state index in [1.165, 1.54) is 12.1 Å². The van der Waals surface area contributed by atoms with E-state index in [2.05, 4.69) is 12.2 Å². The second kappa shape index (κ2) is 7.56. The smallest absolute Gasteiger partial charge is 0.251 e. The Morgan fingerprint density at radius 1 is 1.33 bits per heavy atom. The summed E-state index contributed by atoms with van der Waals surface area (Å²) in [5.74, 6) is -0.249. The summed E-state index contributed by atoms with van der Waals surface area (Å²) >= 11 is 0. The Kier molecular flexibility index (Phi) is 6.36. The van der Waals surface area contributed by atoms with Gasteiger partial charge in [0.1, 0.15) is 0 Å². The molecule has 5 nitrogen and oxygen atoms in total. The van der Waals surface area contributed by atoms with Gasteiger partial charge in [0.05, 0.1) is 4.90 Å². The Bertz CT molecular complexity index is 597. The highest BCUT2D eigenvalue weighted by molar-refractivity contribution is 7.89. The number of primary sulfonamides is 1. The van der Waals surface area contributed by atoms with Crippen LogP contribution in [-0.2, 0) is 16.4 Å². The number of sulfonamides is 1. The average molecular weight is 312 g/mol. The summed E-state index contributed by atoms with van der Waals surface area (Å²) in [6.45, 7) is 5.96. The second-order valence-corrected chi connectivity index (χ2v) is 6.80. The van der Waals surface area contributed by atoms with Crippen molar-refractivity contribution >= 4 is 15.9 Å². The molecule has 0 heterocycles. The monoisotopic (exact) mass is 312 g/mol. The van der Waals surface area contributed by atoms with Crippen molar-refractivity contribution in [1.82, 2.24) is 5.32 Å². The molecular weight excluding hydrogens is 288 g/mol. The third kappa shape index (κ3) is 5.13. The van der Waals surface area contributed by atoms with Gasteiger partial charge in [0.2, 0.25) is 10.0 Å². The van der Waals surface area contributed by atoms with E-state index in [0.717, 1.165) is 24.8 Å². The minimum Gasteiger partial charge on any atom is -0.350 e. The summed E-state index contributed by atoms with van der Waals surface area (Å²) in [4.78, 5) is 12.3. The Labute approximate surface area is 127 Å². The number of aryl methyl sites for hydroxylation is 1. The van der Waals surface area contributed by atoms with Crippen LogP contribution in [0.2, 0.25) is 0 Å². The van der Waals surface area contributed by atoms with Gasteiger partial charge >= 0.3 is 0 Å². The lowest BCUT2D eigenvalue weighted by Crippen LogP contribution is -2.33. The summed E-state index contributed by atoms with van der Waals surface area (Å²) in [6, 6.07) is 4.49. The highest BCUT2D eigenvalue weighted by Crippen LogP contribution is 2.16. The van der Waals surface area contributed by atoms with Crippen molar-refractivity contribution in [3.63, 3.8) is 0 Å². The first kappa shape index (κ1) is 17.7. The topological polar surface area (TPSA) is 89.3 Å². The zero-order valence-corrected chi connectivity index (χ0v) is 13.7. The van der Waals surface area contributed by atoms with Crippen LogP contribution in [0.4, 0.5) is 0 Å². The molecule has 0 saturated heterocycles. The fourth-order valence-electron chi connectivity index (χ4n) is 2.14. The largest absolute Gasteiger partial charge is 0.350 e. The molecule has 0 bridgehead atoms.